The molecule has 1 aromatic carbocycles. The third-order valence-electron chi connectivity index (χ3n) is 3.55. The van der Waals surface area contributed by atoms with Gasteiger partial charge < -0.3 is 9.64 Å². The van der Waals surface area contributed by atoms with Gasteiger partial charge in [-0.3, -0.25) is 10.1 Å². The summed E-state index contributed by atoms with van der Waals surface area (Å²) >= 11 is 0. The van der Waals surface area contributed by atoms with Crippen molar-refractivity contribution in [3.8, 4) is 0 Å². The molecule has 1 aliphatic heterocycles. The Morgan fingerprint density at radius 1 is 1.35 bits per heavy atom. The van der Waals surface area contributed by atoms with Gasteiger partial charge in [0.15, 0.2) is 0 Å². The number of nitrogens with zero attached hydrogens (tertiary/aromatic N) is 1. The van der Waals surface area contributed by atoms with Gasteiger partial charge in [-0.15, -0.1) is 0 Å². The summed E-state index contributed by atoms with van der Waals surface area (Å²) in [5.74, 6) is -0.176. The topological polar surface area (TPSA) is 41.6 Å². The first-order chi connectivity index (χ1) is 9.67. The Bertz CT molecular complexity index is 450. The largest absolute Gasteiger partial charge is 0.383 e. The first-order valence-corrected chi connectivity index (χ1v) is 6.98. The number of methoxy groups -OCH3 is 1. The molecular weight excluding hydrogens is 259 g/mol. The van der Waals surface area contributed by atoms with Gasteiger partial charge in [-0.05, 0) is 24.1 Å². The molecule has 1 heterocycles. The second kappa shape index (κ2) is 6.81. The highest BCUT2D eigenvalue weighted by atomic mass is 19.1. The average Bonchev–Trinajstić information content (AvgIpc) is 2.75. The number of carbonyl (C=O) groups excluding carboxylic acids is 1. The quantitative estimate of drug-likeness (QED) is 0.867. The van der Waals surface area contributed by atoms with E-state index in [4.69, 9.17) is 4.74 Å². The zero-order chi connectivity index (χ0) is 14.5. The molecule has 0 aromatic heterocycles. The van der Waals surface area contributed by atoms with E-state index in [2.05, 4.69) is 12.2 Å². The van der Waals surface area contributed by atoms with Gasteiger partial charge >= 0.3 is 0 Å². The fourth-order valence-electron chi connectivity index (χ4n) is 2.52. The zero-order valence-corrected chi connectivity index (χ0v) is 11.9. The van der Waals surface area contributed by atoms with E-state index < -0.39 is 0 Å². The predicted octanol–water partition coefficient (Wildman–Crippen LogP) is 2.07. The lowest BCUT2D eigenvalue weighted by molar-refractivity contribution is -0.130. The van der Waals surface area contributed by atoms with Crippen LogP contribution >= 0.6 is 0 Å². The Labute approximate surface area is 118 Å². The molecule has 1 fully saturated rings. The molecule has 0 radical (unpaired) electrons. The lowest BCUT2D eigenvalue weighted by Crippen LogP contribution is -2.33. The fourth-order valence-corrected chi connectivity index (χ4v) is 2.52. The molecule has 2 unspecified atom stereocenters. The SMILES string of the molecule is CCCC1NC(c2ccc(F)cc2)N(CCOC)C1=O. The number of hydrogen-bond donors (Lipinski definition) is 1. The number of halogens is 1. The molecule has 0 bridgehead atoms. The summed E-state index contributed by atoms with van der Waals surface area (Å²) in [5, 5.41) is 3.33. The molecule has 5 heteroatoms. The number of amides is 1. The second-order valence-electron chi connectivity index (χ2n) is 4.99. The van der Waals surface area contributed by atoms with Gasteiger partial charge in [0.05, 0.1) is 12.6 Å². The molecule has 110 valence electrons. The van der Waals surface area contributed by atoms with Crippen molar-refractivity contribution in [2.45, 2.75) is 32.0 Å². The molecule has 2 rings (SSSR count). The summed E-state index contributed by atoms with van der Waals surface area (Å²) in [6.45, 7) is 3.08. The standard InChI is InChI=1S/C15H21FN2O2/c1-3-4-13-15(19)18(9-10-20-2)14(17-13)11-5-7-12(16)8-6-11/h5-8,13-14,17H,3-4,9-10H2,1-2H3. The number of hydrogen-bond acceptors (Lipinski definition) is 3. The Morgan fingerprint density at radius 3 is 2.65 bits per heavy atom. The van der Waals surface area contributed by atoms with Gasteiger partial charge in [0.25, 0.3) is 0 Å². The van der Waals surface area contributed by atoms with E-state index in [0.29, 0.717) is 13.2 Å². The van der Waals surface area contributed by atoms with Crippen molar-refractivity contribution in [2.24, 2.45) is 0 Å². The van der Waals surface area contributed by atoms with Gasteiger partial charge in [0.1, 0.15) is 12.0 Å². The minimum atomic E-state index is -0.272. The van der Waals surface area contributed by atoms with Crippen LogP contribution in [-0.4, -0.2) is 37.1 Å². The molecule has 0 spiro atoms. The summed E-state index contributed by atoms with van der Waals surface area (Å²) in [7, 11) is 1.62. The predicted molar refractivity (Wildman–Crippen MR) is 74.6 cm³/mol. The number of carbonyl (C=O) groups is 1. The number of rotatable bonds is 6. The van der Waals surface area contributed by atoms with Crippen LogP contribution in [0.15, 0.2) is 24.3 Å². The van der Waals surface area contributed by atoms with Crippen molar-refractivity contribution in [3.63, 3.8) is 0 Å². The van der Waals surface area contributed by atoms with Crippen LogP contribution in [0.4, 0.5) is 4.39 Å². The first kappa shape index (κ1) is 14.9. The average molecular weight is 280 g/mol. The maximum Gasteiger partial charge on any atom is 0.241 e. The van der Waals surface area contributed by atoms with E-state index in [-0.39, 0.29) is 23.9 Å². The highest BCUT2D eigenvalue weighted by molar-refractivity contribution is 5.84. The third-order valence-corrected chi connectivity index (χ3v) is 3.55. The van der Waals surface area contributed by atoms with Crippen LogP contribution in [0, 0.1) is 5.82 Å². The molecule has 2 atom stereocenters. The van der Waals surface area contributed by atoms with E-state index in [1.54, 1.807) is 24.1 Å². The van der Waals surface area contributed by atoms with Crippen LogP contribution < -0.4 is 5.32 Å². The molecule has 1 saturated heterocycles. The minimum absolute atomic E-state index is 0.0956. The van der Waals surface area contributed by atoms with E-state index in [0.717, 1.165) is 18.4 Å². The molecule has 0 saturated carbocycles. The van der Waals surface area contributed by atoms with Crippen molar-refractivity contribution < 1.29 is 13.9 Å². The number of nitrogens with one attached hydrogen (secondary N) is 1. The van der Waals surface area contributed by atoms with Crippen molar-refractivity contribution in [1.82, 2.24) is 10.2 Å². The van der Waals surface area contributed by atoms with Gasteiger partial charge in [0.2, 0.25) is 5.91 Å². The van der Waals surface area contributed by atoms with Gasteiger partial charge in [0, 0.05) is 13.7 Å². The summed E-state index contributed by atoms with van der Waals surface area (Å²) in [5.41, 5.74) is 0.898. The zero-order valence-electron chi connectivity index (χ0n) is 11.9. The lowest BCUT2D eigenvalue weighted by Gasteiger charge is -2.24. The fraction of sp³-hybridized carbons (Fsp3) is 0.533. The van der Waals surface area contributed by atoms with E-state index in [9.17, 15) is 9.18 Å². The molecule has 1 aliphatic rings. The maximum absolute atomic E-state index is 13.0. The van der Waals surface area contributed by atoms with Crippen molar-refractivity contribution in [3.05, 3.63) is 35.6 Å². The highest BCUT2D eigenvalue weighted by Crippen LogP contribution is 2.26. The van der Waals surface area contributed by atoms with Crippen LogP contribution in [0.5, 0.6) is 0 Å². The van der Waals surface area contributed by atoms with Crippen molar-refractivity contribution in [1.29, 1.82) is 0 Å². The molecule has 1 aromatic rings. The molecule has 1 amide bonds. The molecule has 20 heavy (non-hydrogen) atoms. The van der Waals surface area contributed by atoms with Crippen LogP contribution in [0.25, 0.3) is 0 Å². The lowest BCUT2D eigenvalue weighted by atomic mass is 10.1. The summed E-state index contributed by atoms with van der Waals surface area (Å²) in [6, 6.07) is 6.11. The summed E-state index contributed by atoms with van der Waals surface area (Å²) in [4.78, 5) is 14.2. The van der Waals surface area contributed by atoms with Gasteiger partial charge in [-0.25, -0.2) is 4.39 Å². The van der Waals surface area contributed by atoms with Crippen LogP contribution in [0.1, 0.15) is 31.5 Å². The van der Waals surface area contributed by atoms with Crippen LogP contribution in [0.2, 0.25) is 0 Å². The molecular formula is C15H21FN2O2. The monoisotopic (exact) mass is 280 g/mol. The molecule has 0 aliphatic carbocycles. The van der Waals surface area contributed by atoms with E-state index in [1.807, 2.05) is 0 Å². The van der Waals surface area contributed by atoms with Crippen molar-refractivity contribution in [2.75, 3.05) is 20.3 Å². The van der Waals surface area contributed by atoms with E-state index in [1.165, 1.54) is 12.1 Å². The Balaban J connectivity index is 2.19. The summed E-state index contributed by atoms with van der Waals surface area (Å²) < 4.78 is 18.1. The number of ether oxygens (including phenoxy) is 1. The smallest absolute Gasteiger partial charge is 0.241 e. The third kappa shape index (κ3) is 3.16. The van der Waals surface area contributed by atoms with Crippen LogP contribution in [0.3, 0.4) is 0 Å². The van der Waals surface area contributed by atoms with Gasteiger partial charge in [-0.2, -0.15) is 0 Å². The number of benzene rings is 1. The van der Waals surface area contributed by atoms with Crippen LogP contribution in [-0.2, 0) is 9.53 Å². The highest BCUT2D eigenvalue weighted by Gasteiger charge is 2.38. The second-order valence-corrected chi connectivity index (χ2v) is 4.99. The van der Waals surface area contributed by atoms with Gasteiger partial charge in [-0.1, -0.05) is 25.5 Å². The molecule has 1 N–H and O–H groups in total. The normalized spacial score (nSPS) is 22.6. The Hall–Kier alpha value is -1.46. The Morgan fingerprint density at radius 2 is 2.05 bits per heavy atom. The summed E-state index contributed by atoms with van der Waals surface area (Å²) in [6.07, 6.45) is 1.55. The Kier molecular flexibility index (Phi) is 5.09. The maximum atomic E-state index is 13.0. The first-order valence-electron chi connectivity index (χ1n) is 6.98. The van der Waals surface area contributed by atoms with E-state index >= 15 is 0 Å². The minimum Gasteiger partial charge on any atom is -0.383 e. The molecule has 4 nitrogen and oxygen atoms in total. The van der Waals surface area contributed by atoms with Crippen molar-refractivity contribution >= 4 is 5.91 Å².